The number of para-hydroxylation sites is 2. The first kappa shape index (κ1) is 25.4. The Morgan fingerprint density at radius 1 is 1.06 bits per heavy atom. The second kappa shape index (κ2) is 10.1. The van der Waals surface area contributed by atoms with Gasteiger partial charge >= 0.3 is 10.1 Å². The lowest BCUT2D eigenvalue weighted by atomic mass is 10.1. The zero-order valence-electron chi connectivity index (χ0n) is 18.9. The number of hydrogen-bond acceptors (Lipinski definition) is 9. The lowest BCUT2D eigenvalue weighted by molar-refractivity contribution is -0.387. The number of thioether (sulfide) groups is 1. The highest BCUT2D eigenvalue weighted by molar-refractivity contribution is 8.27. The molecule has 1 fully saturated rings. The second-order valence-corrected chi connectivity index (χ2v) is 10.7. The van der Waals surface area contributed by atoms with E-state index in [0.29, 0.717) is 20.5 Å². The van der Waals surface area contributed by atoms with Gasteiger partial charge in [-0.25, -0.2) is 0 Å². The first-order chi connectivity index (χ1) is 17.1. The molecule has 0 unspecified atom stereocenters. The number of anilines is 1. The summed E-state index contributed by atoms with van der Waals surface area (Å²) in [5.74, 6) is -0.391. The van der Waals surface area contributed by atoms with Crippen LogP contribution in [0, 0.1) is 17.0 Å². The predicted octanol–water partition coefficient (Wildman–Crippen LogP) is 5.09. The van der Waals surface area contributed by atoms with Gasteiger partial charge in [0.2, 0.25) is 0 Å². The van der Waals surface area contributed by atoms with E-state index >= 15 is 0 Å². The lowest BCUT2D eigenvalue weighted by Gasteiger charge is -2.16. The molecule has 36 heavy (non-hydrogen) atoms. The smallest absolute Gasteiger partial charge is 0.346 e. The Kier molecular flexibility index (Phi) is 7.11. The molecule has 0 bridgehead atoms. The van der Waals surface area contributed by atoms with Gasteiger partial charge in [-0.05, 0) is 48.4 Å². The monoisotopic (exact) mass is 542 g/mol. The molecule has 0 atom stereocenters. The number of amides is 1. The van der Waals surface area contributed by atoms with Crippen LogP contribution in [0.1, 0.15) is 11.1 Å². The third-order valence-corrected chi connectivity index (χ3v) is 7.75. The van der Waals surface area contributed by atoms with E-state index < -0.39 is 25.6 Å². The van der Waals surface area contributed by atoms with Gasteiger partial charge in [-0.2, -0.15) is 8.42 Å². The van der Waals surface area contributed by atoms with Crippen LogP contribution in [-0.4, -0.2) is 30.7 Å². The second-order valence-electron chi connectivity index (χ2n) is 7.48. The van der Waals surface area contributed by atoms with E-state index in [1.54, 1.807) is 6.08 Å². The van der Waals surface area contributed by atoms with Crippen LogP contribution < -0.4 is 13.8 Å². The fraction of sp³-hybridized carbons (Fsp3) is 0.0833. The van der Waals surface area contributed by atoms with Crippen molar-refractivity contribution >= 4 is 61.8 Å². The Morgan fingerprint density at radius 3 is 2.44 bits per heavy atom. The van der Waals surface area contributed by atoms with Crippen LogP contribution in [0.15, 0.2) is 76.5 Å². The minimum atomic E-state index is -4.53. The van der Waals surface area contributed by atoms with Crippen molar-refractivity contribution in [3.8, 4) is 11.5 Å². The number of aryl methyl sites for hydroxylation is 1. The van der Waals surface area contributed by atoms with Crippen LogP contribution in [0.3, 0.4) is 0 Å². The van der Waals surface area contributed by atoms with Gasteiger partial charge < -0.3 is 8.92 Å². The summed E-state index contributed by atoms with van der Waals surface area (Å²) in [4.78, 5) is 24.8. The van der Waals surface area contributed by atoms with Crippen molar-refractivity contribution in [3.05, 3.63) is 92.9 Å². The van der Waals surface area contributed by atoms with Gasteiger partial charge in [0, 0.05) is 6.07 Å². The number of carbonyl (C=O) groups excluding carboxylic acids is 1. The maximum Gasteiger partial charge on any atom is 0.346 e. The fourth-order valence-corrected chi connectivity index (χ4v) is 5.86. The fourth-order valence-electron chi connectivity index (χ4n) is 3.47. The summed E-state index contributed by atoms with van der Waals surface area (Å²) in [6.07, 6.45) is 1.61. The third kappa shape index (κ3) is 4.96. The maximum absolute atomic E-state index is 13.1. The molecule has 3 aromatic rings. The highest BCUT2D eigenvalue weighted by atomic mass is 32.2. The van der Waals surface area contributed by atoms with Crippen LogP contribution in [0.2, 0.25) is 0 Å². The first-order valence-corrected chi connectivity index (χ1v) is 12.9. The molecule has 0 spiro atoms. The standard InChI is InChI=1S/C24H18N2O7S3/c1-15-7-3-4-8-17(15)25-23(27)21(35-24(25)34)14-16-11-12-19(20(13-16)32-2)33-36(30,31)22-10-6-5-9-18(22)26(28)29/h3-14H,1-2H3/b21-14-. The summed E-state index contributed by atoms with van der Waals surface area (Å²) in [5, 5.41) is 11.2. The molecule has 0 saturated carbocycles. The van der Waals surface area contributed by atoms with Crippen molar-refractivity contribution in [2.45, 2.75) is 11.8 Å². The van der Waals surface area contributed by atoms with Gasteiger partial charge in [-0.15, -0.1) is 0 Å². The number of thiocarbonyl (C=S) groups is 1. The molecular formula is C24H18N2O7S3. The molecule has 3 aromatic carbocycles. The molecule has 9 nitrogen and oxygen atoms in total. The van der Waals surface area contributed by atoms with Gasteiger partial charge in [0.15, 0.2) is 20.7 Å². The van der Waals surface area contributed by atoms with Crippen LogP contribution in [0.5, 0.6) is 11.5 Å². The van der Waals surface area contributed by atoms with E-state index in [-0.39, 0.29) is 17.4 Å². The van der Waals surface area contributed by atoms with Crippen molar-refractivity contribution in [1.82, 2.24) is 0 Å². The minimum Gasteiger partial charge on any atom is -0.493 e. The Balaban J connectivity index is 1.63. The van der Waals surface area contributed by atoms with E-state index in [9.17, 15) is 23.3 Å². The maximum atomic E-state index is 13.1. The predicted molar refractivity (Wildman–Crippen MR) is 141 cm³/mol. The molecular weight excluding hydrogens is 524 g/mol. The molecule has 1 heterocycles. The molecule has 1 amide bonds. The zero-order chi connectivity index (χ0) is 26.0. The topological polar surface area (TPSA) is 116 Å². The van der Waals surface area contributed by atoms with Crippen LogP contribution >= 0.6 is 24.0 Å². The largest absolute Gasteiger partial charge is 0.493 e. The van der Waals surface area contributed by atoms with Crippen molar-refractivity contribution < 1.29 is 27.1 Å². The quantitative estimate of drug-likeness (QED) is 0.132. The summed E-state index contributed by atoms with van der Waals surface area (Å²) >= 11 is 6.57. The summed E-state index contributed by atoms with van der Waals surface area (Å²) in [7, 11) is -3.21. The Bertz CT molecular complexity index is 1530. The number of carbonyl (C=O) groups is 1. The zero-order valence-corrected chi connectivity index (χ0v) is 21.4. The lowest BCUT2D eigenvalue weighted by Crippen LogP contribution is -2.28. The molecule has 0 radical (unpaired) electrons. The van der Waals surface area contributed by atoms with Crippen LogP contribution in [0.4, 0.5) is 11.4 Å². The molecule has 0 aromatic heterocycles. The number of nitro groups is 1. The average Bonchev–Trinajstić information content (AvgIpc) is 3.12. The van der Waals surface area contributed by atoms with Crippen molar-refractivity contribution in [3.63, 3.8) is 0 Å². The molecule has 0 aliphatic carbocycles. The van der Waals surface area contributed by atoms with Gasteiger partial charge in [0.1, 0.15) is 0 Å². The van der Waals surface area contributed by atoms with E-state index in [1.165, 1.54) is 42.3 Å². The Morgan fingerprint density at radius 2 is 1.75 bits per heavy atom. The number of ether oxygens (including phenoxy) is 1. The Hall–Kier alpha value is -3.74. The molecule has 184 valence electrons. The Labute approximate surface area is 216 Å². The van der Waals surface area contributed by atoms with Crippen molar-refractivity contribution in [2.24, 2.45) is 0 Å². The number of nitrogens with zero attached hydrogens (tertiary/aromatic N) is 2. The number of benzene rings is 3. The van der Waals surface area contributed by atoms with E-state index in [0.717, 1.165) is 29.5 Å². The van der Waals surface area contributed by atoms with Crippen LogP contribution in [-0.2, 0) is 14.9 Å². The first-order valence-electron chi connectivity index (χ1n) is 10.3. The van der Waals surface area contributed by atoms with Crippen molar-refractivity contribution in [1.29, 1.82) is 0 Å². The highest BCUT2D eigenvalue weighted by Gasteiger charge is 2.34. The molecule has 1 aliphatic heterocycles. The van der Waals surface area contributed by atoms with Gasteiger partial charge in [0.05, 0.1) is 22.6 Å². The summed E-state index contributed by atoms with van der Waals surface area (Å²) in [6, 6.07) is 16.6. The van der Waals surface area contributed by atoms with Crippen LogP contribution in [0.25, 0.3) is 6.08 Å². The number of hydrogen-bond donors (Lipinski definition) is 0. The van der Waals surface area contributed by atoms with E-state index in [2.05, 4.69) is 0 Å². The molecule has 1 saturated heterocycles. The number of nitro benzene ring substituents is 1. The summed E-state index contributed by atoms with van der Waals surface area (Å²) < 4.78 is 36.4. The van der Waals surface area contributed by atoms with Gasteiger partial charge in [-0.3, -0.25) is 19.8 Å². The molecule has 1 aliphatic rings. The number of methoxy groups -OCH3 is 1. The van der Waals surface area contributed by atoms with E-state index in [1.807, 2.05) is 31.2 Å². The van der Waals surface area contributed by atoms with Crippen molar-refractivity contribution in [2.75, 3.05) is 12.0 Å². The molecule has 12 heteroatoms. The minimum absolute atomic E-state index is 0.0558. The van der Waals surface area contributed by atoms with E-state index in [4.69, 9.17) is 21.1 Å². The highest BCUT2D eigenvalue weighted by Crippen LogP contribution is 2.39. The third-order valence-electron chi connectivity index (χ3n) is 5.17. The van der Waals surface area contributed by atoms with Gasteiger partial charge in [0.25, 0.3) is 11.6 Å². The van der Waals surface area contributed by atoms with Gasteiger partial charge in [-0.1, -0.05) is 60.4 Å². The number of rotatable bonds is 7. The SMILES string of the molecule is COc1cc(/C=C2\SC(=S)N(c3ccccc3C)C2=O)ccc1OS(=O)(=O)c1ccccc1[N+](=O)[O-]. The molecule has 0 N–H and O–H groups in total. The summed E-state index contributed by atoms with van der Waals surface area (Å²) in [5.41, 5.74) is 1.53. The molecule has 4 rings (SSSR count). The normalized spacial score (nSPS) is 14.8. The average molecular weight is 543 g/mol. The summed E-state index contributed by atoms with van der Waals surface area (Å²) in [6.45, 7) is 1.89.